The second-order valence-electron chi connectivity index (χ2n) is 7.17. The van der Waals surface area contributed by atoms with Gasteiger partial charge in [0.15, 0.2) is 17.3 Å². The van der Waals surface area contributed by atoms with E-state index < -0.39 is 5.97 Å². The van der Waals surface area contributed by atoms with Gasteiger partial charge in [0.05, 0.1) is 29.3 Å². The molecule has 0 atom stereocenters. The number of benzene rings is 3. The van der Waals surface area contributed by atoms with Crippen LogP contribution in [0.4, 0.5) is 0 Å². The number of aromatic nitrogens is 2. The minimum atomic E-state index is -0.592. The number of rotatable bonds is 5. The monoisotopic (exact) mass is 428 g/mol. The largest absolute Gasteiger partial charge is 0.493 e. The first-order valence-electron chi connectivity index (χ1n) is 9.89. The summed E-state index contributed by atoms with van der Waals surface area (Å²) in [6, 6.07) is 18.3. The number of methoxy groups -OCH3 is 1. The van der Waals surface area contributed by atoms with Crippen LogP contribution in [0.15, 0.2) is 71.5 Å². The number of aryl methyl sites for hydroxylation is 1. The van der Waals surface area contributed by atoms with Crippen LogP contribution in [-0.4, -0.2) is 28.4 Å². The van der Waals surface area contributed by atoms with Crippen molar-refractivity contribution >= 4 is 22.7 Å². The number of carbonyl (C=O) groups is 2. The Balaban J connectivity index is 1.62. The van der Waals surface area contributed by atoms with E-state index in [1.165, 1.54) is 30.7 Å². The lowest BCUT2D eigenvalue weighted by atomic mass is 10.1. The number of fused-ring (bicyclic) bond motifs is 1. The standard InChI is InChI=1S/C25H20N2O5/c1-15(28)18-10-13-22(23(14-18)31-3)32-25(30)17-8-11-19(12-9-17)27-16(2)26-21-7-5-4-6-20(21)24(27)29/h4-14H,1-3H3. The van der Waals surface area contributed by atoms with Crippen molar-refractivity contribution in [2.75, 3.05) is 7.11 Å². The molecule has 7 nitrogen and oxygen atoms in total. The summed E-state index contributed by atoms with van der Waals surface area (Å²) < 4.78 is 12.2. The number of hydrogen-bond donors (Lipinski definition) is 0. The summed E-state index contributed by atoms with van der Waals surface area (Å²) in [7, 11) is 1.43. The van der Waals surface area contributed by atoms with Crippen LogP contribution in [0.2, 0.25) is 0 Å². The fourth-order valence-electron chi connectivity index (χ4n) is 3.42. The summed E-state index contributed by atoms with van der Waals surface area (Å²) in [4.78, 5) is 41.6. The topological polar surface area (TPSA) is 87.5 Å². The van der Waals surface area contributed by atoms with Gasteiger partial charge in [0, 0.05) is 5.56 Å². The molecule has 0 aliphatic heterocycles. The van der Waals surface area contributed by atoms with Crippen molar-refractivity contribution in [2.45, 2.75) is 13.8 Å². The SMILES string of the molecule is COc1cc(C(C)=O)ccc1OC(=O)c1ccc(-n2c(C)nc3ccccc3c2=O)cc1. The van der Waals surface area contributed by atoms with Crippen LogP contribution in [0, 0.1) is 6.92 Å². The molecule has 0 fully saturated rings. The quantitative estimate of drug-likeness (QED) is 0.270. The molecule has 3 aromatic carbocycles. The van der Waals surface area contributed by atoms with Gasteiger partial charge in [-0.05, 0) is 68.4 Å². The number of nitrogens with zero attached hydrogens (tertiary/aromatic N) is 2. The zero-order chi connectivity index (χ0) is 22.8. The highest BCUT2D eigenvalue weighted by Crippen LogP contribution is 2.29. The van der Waals surface area contributed by atoms with Crippen molar-refractivity contribution in [3.8, 4) is 17.2 Å². The Morgan fingerprint density at radius 1 is 0.906 bits per heavy atom. The molecular weight excluding hydrogens is 408 g/mol. The van der Waals surface area contributed by atoms with Crippen molar-refractivity contribution in [1.29, 1.82) is 0 Å². The molecule has 0 unspecified atom stereocenters. The average molecular weight is 428 g/mol. The van der Waals surface area contributed by atoms with Gasteiger partial charge in [-0.25, -0.2) is 9.78 Å². The summed E-state index contributed by atoms with van der Waals surface area (Å²) in [6.07, 6.45) is 0. The minimum absolute atomic E-state index is 0.120. The van der Waals surface area contributed by atoms with Crippen molar-refractivity contribution < 1.29 is 19.1 Å². The van der Waals surface area contributed by atoms with Crippen LogP contribution in [0.5, 0.6) is 11.5 Å². The van der Waals surface area contributed by atoms with Crippen molar-refractivity contribution in [3.05, 3.63) is 94.0 Å². The molecular formula is C25H20N2O5. The molecule has 1 aromatic heterocycles. The molecule has 0 aliphatic rings. The summed E-state index contributed by atoms with van der Waals surface area (Å²) in [6.45, 7) is 3.20. The molecule has 0 radical (unpaired) electrons. The zero-order valence-electron chi connectivity index (χ0n) is 17.8. The molecule has 0 bridgehead atoms. The van der Waals surface area contributed by atoms with E-state index in [0.29, 0.717) is 33.5 Å². The molecule has 0 aliphatic carbocycles. The Morgan fingerprint density at radius 3 is 2.28 bits per heavy atom. The van der Waals surface area contributed by atoms with E-state index in [0.717, 1.165) is 0 Å². The van der Waals surface area contributed by atoms with Gasteiger partial charge in [0.25, 0.3) is 5.56 Å². The predicted octanol–water partition coefficient (Wildman–Crippen LogP) is 4.12. The number of esters is 1. The fourth-order valence-corrected chi connectivity index (χ4v) is 3.42. The van der Waals surface area contributed by atoms with E-state index in [9.17, 15) is 14.4 Å². The van der Waals surface area contributed by atoms with E-state index in [4.69, 9.17) is 9.47 Å². The maximum Gasteiger partial charge on any atom is 0.343 e. The van der Waals surface area contributed by atoms with Gasteiger partial charge in [0.1, 0.15) is 5.82 Å². The highest BCUT2D eigenvalue weighted by Gasteiger charge is 2.15. The number of para-hydroxylation sites is 1. The third-order valence-corrected chi connectivity index (χ3v) is 5.08. The van der Waals surface area contributed by atoms with Gasteiger partial charge < -0.3 is 9.47 Å². The molecule has 0 amide bonds. The summed E-state index contributed by atoms with van der Waals surface area (Å²) in [5, 5.41) is 0.516. The van der Waals surface area contributed by atoms with Crippen LogP contribution in [0.3, 0.4) is 0 Å². The fraction of sp³-hybridized carbons (Fsp3) is 0.120. The Labute approximate surface area is 183 Å². The molecule has 1 heterocycles. The van der Waals surface area contributed by atoms with Crippen LogP contribution in [-0.2, 0) is 0 Å². The Hall–Kier alpha value is -4.26. The van der Waals surface area contributed by atoms with E-state index in [1.54, 1.807) is 55.5 Å². The Kier molecular flexibility index (Phi) is 5.55. The van der Waals surface area contributed by atoms with Crippen molar-refractivity contribution in [3.63, 3.8) is 0 Å². The zero-order valence-corrected chi connectivity index (χ0v) is 17.8. The first kappa shape index (κ1) is 21.0. The Bertz CT molecular complexity index is 1400. The predicted molar refractivity (Wildman–Crippen MR) is 120 cm³/mol. The molecule has 4 aromatic rings. The van der Waals surface area contributed by atoms with E-state index in [-0.39, 0.29) is 22.8 Å². The normalized spacial score (nSPS) is 10.7. The first-order valence-corrected chi connectivity index (χ1v) is 9.89. The van der Waals surface area contributed by atoms with Crippen LogP contribution >= 0.6 is 0 Å². The number of hydrogen-bond acceptors (Lipinski definition) is 6. The number of Topliss-reactive ketones (excluding diaryl/α,β-unsaturated/α-hetero) is 1. The van der Waals surface area contributed by atoms with E-state index in [1.807, 2.05) is 6.07 Å². The highest BCUT2D eigenvalue weighted by molar-refractivity contribution is 5.95. The maximum absolute atomic E-state index is 12.9. The average Bonchev–Trinajstić information content (AvgIpc) is 2.79. The lowest BCUT2D eigenvalue weighted by Gasteiger charge is -2.12. The Morgan fingerprint density at radius 2 is 1.59 bits per heavy atom. The smallest absolute Gasteiger partial charge is 0.343 e. The molecule has 160 valence electrons. The summed E-state index contributed by atoms with van der Waals surface area (Å²) in [5.74, 6) is 0.320. The molecule has 7 heteroatoms. The molecule has 0 N–H and O–H groups in total. The highest BCUT2D eigenvalue weighted by atomic mass is 16.6. The third-order valence-electron chi connectivity index (χ3n) is 5.08. The van der Waals surface area contributed by atoms with Gasteiger partial charge >= 0.3 is 5.97 Å². The van der Waals surface area contributed by atoms with Gasteiger partial charge in [-0.15, -0.1) is 0 Å². The van der Waals surface area contributed by atoms with Crippen molar-refractivity contribution in [1.82, 2.24) is 9.55 Å². The van der Waals surface area contributed by atoms with Gasteiger partial charge in [-0.3, -0.25) is 14.2 Å². The molecule has 0 saturated heterocycles. The second kappa shape index (κ2) is 8.47. The lowest BCUT2D eigenvalue weighted by molar-refractivity contribution is 0.0729. The lowest BCUT2D eigenvalue weighted by Crippen LogP contribution is -2.22. The first-order chi connectivity index (χ1) is 15.4. The van der Waals surface area contributed by atoms with Gasteiger partial charge in [-0.2, -0.15) is 0 Å². The summed E-state index contributed by atoms with van der Waals surface area (Å²) in [5.41, 5.74) is 1.79. The number of carbonyl (C=O) groups excluding carboxylic acids is 2. The summed E-state index contributed by atoms with van der Waals surface area (Å²) >= 11 is 0. The molecule has 4 rings (SSSR count). The molecule has 0 spiro atoms. The van der Waals surface area contributed by atoms with E-state index >= 15 is 0 Å². The molecule has 32 heavy (non-hydrogen) atoms. The maximum atomic E-state index is 12.9. The number of ether oxygens (including phenoxy) is 2. The van der Waals surface area contributed by atoms with Gasteiger partial charge in [0.2, 0.25) is 0 Å². The van der Waals surface area contributed by atoms with Crippen molar-refractivity contribution in [2.24, 2.45) is 0 Å². The second-order valence-corrected chi connectivity index (χ2v) is 7.17. The van der Waals surface area contributed by atoms with Gasteiger partial charge in [-0.1, -0.05) is 12.1 Å². The third kappa shape index (κ3) is 3.88. The van der Waals surface area contributed by atoms with E-state index in [2.05, 4.69) is 4.98 Å². The molecule has 0 saturated carbocycles. The minimum Gasteiger partial charge on any atom is -0.493 e. The van der Waals surface area contributed by atoms with Crippen LogP contribution in [0.25, 0.3) is 16.6 Å². The van der Waals surface area contributed by atoms with Crippen LogP contribution < -0.4 is 15.0 Å². The number of ketones is 1. The van der Waals surface area contributed by atoms with Crippen LogP contribution in [0.1, 0.15) is 33.5 Å².